The van der Waals surface area contributed by atoms with E-state index in [9.17, 15) is 4.79 Å². The Morgan fingerprint density at radius 1 is 0.741 bits per heavy atom. The van der Waals surface area contributed by atoms with E-state index in [1.807, 2.05) is 31.2 Å². The average Bonchev–Trinajstić information content (AvgIpc) is 2.69. The number of fused-ring (bicyclic) bond motifs is 1. The highest BCUT2D eigenvalue weighted by molar-refractivity contribution is 5.95. The summed E-state index contributed by atoms with van der Waals surface area (Å²) in [6.07, 6.45) is 0. The summed E-state index contributed by atoms with van der Waals surface area (Å²) in [6.45, 7) is 4.28. The van der Waals surface area contributed by atoms with Gasteiger partial charge >= 0.3 is 0 Å². The highest BCUT2D eigenvalue weighted by Crippen LogP contribution is 2.58. The maximum Gasteiger partial charge on any atom is 0.228 e. The van der Waals surface area contributed by atoms with Crippen molar-refractivity contribution < 1.29 is 4.79 Å². The first-order valence-corrected chi connectivity index (χ1v) is 9.71. The van der Waals surface area contributed by atoms with Crippen molar-refractivity contribution in [2.75, 3.05) is 5.32 Å². The van der Waals surface area contributed by atoms with E-state index in [0.29, 0.717) is 0 Å². The zero-order valence-corrected chi connectivity index (χ0v) is 15.6. The van der Waals surface area contributed by atoms with Crippen LogP contribution in [0, 0.1) is 18.8 Å². The summed E-state index contributed by atoms with van der Waals surface area (Å²) in [5.41, 5.74) is 7.45. The van der Waals surface area contributed by atoms with Crippen LogP contribution in [0.15, 0.2) is 72.8 Å². The molecule has 3 aromatic carbocycles. The Morgan fingerprint density at radius 2 is 1.22 bits per heavy atom. The molecule has 0 saturated heterocycles. The Bertz CT molecular complexity index is 990. The predicted molar refractivity (Wildman–Crippen MR) is 109 cm³/mol. The highest BCUT2D eigenvalue weighted by atomic mass is 16.1. The molecule has 134 valence electrons. The zero-order chi connectivity index (χ0) is 18.5. The van der Waals surface area contributed by atoms with Gasteiger partial charge in [0, 0.05) is 17.5 Å². The summed E-state index contributed by atoms with van der Waals surface area (Å²) in [5, 5.41) is 3.22. The van der Waals surface area contributed by atoms with Gasteiger partial charge in [0.05, 0.1) is 5.92 Å². The van der Waals surface area contributed by atoms with Gasteiger partial charge in [-0.05, 0) is 46.7 Å². The van der Waals surface area contributed by atoms with Gasteiger partial charge in [0.25, 0.3) is 0 Å². The quantitative estimate of drug-likeness (QED) is 0.650. The third-order valence-corrected chi connectivity index (χ3v) is 6.49. The number of aryl methyl sites for hydroxylation is 1. The molecule has 2 nitrogen and oxygen atoms in total. The molecular formula is C25H23NO. The standard InChI is InChI=1S/C25H23NO/c1-15-9-3-8-14-21(15)26-25(27)23-16(2)22-17-10-4-6-12-19(17)24(23)20-13-7-5-11-18(20)22/h3-14,16,22-24H,1-2H3,(H,26,27)/t16-,22?,23-,24?/m0/s1. The summed E-state index contributed by atoms with van der Waals surface area (Å²) in [7, 11) is 0. The van der Waals surface area contributed by atoms with Crippen molar-refractivity contribution in [3.05, 3.63) is 101 Å². The molecule has 0 heterocycles. The number of nitrogens with one attached hydrogen (secondary N) is 1. The smallest absolute Gasteiger partial charge is 0.228 e. The number of anilines is 1. The summed E-state index contributed by atoms with van der Waals surface area (Å²) in [4.78, 5) is 13.4. The molecule has 3 aliphatic carbocycles. The van der Waals surface area contributed by atoms with E-state index >= 15 is 0 Å². The molecule has 2 heteroatoms. The van der Waals surface area contributed by atoms with Crippen LogP contribution >= 0.6 is 0 Å². The molecule has 6 rings (SSSR count). The molecule has 0 aromatic heterocycles. The predicted octanol–water partition coefficient (Wildman–Crippen LogP) is 5.48. The molecule has 0 radical (unpaired) electrons. The molecule has 1 N–H and O–H groups in total. The minimum Gasteiger partial charge on any atom is -0.326 e. The molecule has 0 aliphatic heterocycles. The minimum absolute atomic E-state index is 0.0561. The normalized spacial score (nSPS) is 24.8. The first kappa shape index (κ1) is 16.3. The number of para-hydroxylation sites is 1. The summed E-state index contributed by atoms with van der Waals surface area (Å²) < 4.78 is 0. The lowest BCUT2D eigenvalue weighted by Gasteiger charge is -2.49. The number of hydrogen-bond acceptors (Lipinski definition) is 1. The number of amides is 1. The van der Waals surface area contributed by atoms with Crippen LogP contribution in [0.25, 0.3) is 0 Å². The lowest BCUT2D eigenvalue weighted by molar-refractivity contribution is -0.122. The Morgan fingerprint density at radius 3 is 1.78 bits per heavy atom. The van der Waals surface area contributed by atoms with Crippen molar-refractivity contribution in [1.82, 2.24) is 0 Å². The number of carbonyl (C=O) groups is 1. The second-order valence-corrected chi connectivity index (χ2v) is 7.90. The molecule has 0 saturated carbocycles. The minimum atomic E-state index is -0.0561. The molecular weight excluding hydrogens is 330 g/mol. The van der Waals surface area contributed by atoms with Crippen LogP contribution in [-0.4, -0.2) is 5.91 Å². The van der Waals surface area contributed by atoms with E-state index in [1.165, 1.54) is 22.3 Å². The van der Waals surface area contributed by atoms with Crippen molar-refractivity contribution in [2.24, 2.45) is 11.8 Å². The highest BCUT2D eigenvalue weighted by Gasteiger charge is 2.50. The SMILES string of the molecule is Cc1ccccc1NC(=O)[C@@H]1C2c3ccccc3C(c3ccccc32)[C@@H]1C. The number of benzene rings is 3. The topological polar surface area (TPSA) is 29.1 Å². The van der Waals surface area contributed by atoms with Crippen molar-refractivity contribution in [1.29, 1.82) is 0 Å². The third kappa shape index (κ3) is 2.36. The zero-order valence-electron chi connectivity index (χ0n) is 15.6. The molecule has 0 fully saturated rings. The summed E-state index contributed by atoms with van der Waals surface area (Å²) in [5.74, 6) is 0.760. The van der Waals surface area contributed by atoms with Crippen LogP contribution < -0.4 is 5.32 Å². The fourth-order valence-corrected chi connectivity index (χ4v) is 5.27. The molecule has 2 bridgehead atoms. The van der Waals surface area contributed by atoms with Gasteiger partial charge in [0.15, 0.2) is 0 Å². The molecule has 27 heavy (non-hydrogen) atoms. The summed E-state index contributed by atoms with van der Waals surface area (Å²) in [6, 6.07) is 25.4. The van der Waals surface area contributed by atoms with E-state index in [1.54, 1.807) is 0 Å². The van der Waals surface area contributed by atoms with Crippen LogP contribution in [0.2, 0.25) is 0 Å². The fourth-order valence-electron chi connectivity index (χ4n) is 5.27. The Hall–Kier alpha value is -2.87. The van der Waals surface area contributed by atoms with E-state index < -0.39 is 0 Å². The largest absolute Gasteiger partial charge is 0.326 e. The van der Waals surface area contributed by atoms with Crippen LogP contribution in [0.1, 0.15) is 46.6 Å². The van der Waals surface area contributed by atoms with Crippen LogP contribution in [0.3, 0.4) is 0 Å². The second-order valence-electron chi connectivity index (χ2n) is 7.90. The van der Waals surface area contributed by atoms with Gasteiger partial charge in [-0.3, -0.25) is 4.79 Å². The van der Waals surface area contributed by atoms with Gasteiger partial charge < -0.3 is 5.32 Å². The second kappa shape index (κ2) is 6.09. The van der Waals surface area contributed by atoms with Crippen molar-refractivity contribution in [3.8, 4) is 0 Å². The Labute approximate surface area is 160 Å². The van der Waals surface area contributed by atoms with Gasteiger partial charge in [-0.2, -0.15) is 0 Å². The molecule has 0 unspecified atom stereocenters. The van der Waals surface area contributed by atoms with Crippen LogP contribution in [0.5, 0.6) is 0 Å². The molecule has 2 atom stereocenters. The lowest BCUT2D eigenvalue weighted by atomic mass is 9.54. The first-order valence-electron chi connectivity index (χ1n) is 9.71. The summed E-state index contributed by atoms with van der Waals surface area (Å²) >= 11 is 0. The van der Waals surface area contributed by atoms with Crippen LogP contribution in [0.4, 0.5) is 5.69 Å². The molecule has 0 spiro atoms. The maximum absolute atomic E-state index is 13.4. The van der Waals surface area contributed by atoms with E-state index in [2.05, 4.69) is 60.8 Å². The van der Waals surface area contributed by atoms with Gasteiger partial charge in [-0.25, -0.2) is 0 Å². The van der Waals surface area contributed by atoms with E-state index in [-0.39, 0.29) is 29.6 Å². The fraction of sp³-hybridized carbons (Fsp3) is 0.240. The van der Waals surface area contributed by atoms with Crippen LogP contribution in [-0.2, 0) is 4.79 Å². The Kier molecular flexibility index (Phi) is 3.68. The number of hydrogen-bond donors (Lipinski definition) is 1. The molecule has 3 aliphatic rings. The van der Waals surface area contributed by atoms with Gasteiger partial charge in [0.2, 0.25) is 5.91 Å². The van der Waals surface area contributed by atoms with E-state index in [4.69, 9.17) is 0 Å². The number of rotatable bonds is 2. The molecule has 3 aromatic rings. The number of carbonyl (C=O) groups excluding carboxylic acids is 1. The van der Waals surface area contributed by atoms with Gasteiger partial charge in [0.1, 0.15) is 0 Å². The van der Waals surface area contributed by atoms with Crippen molar-refractivity contribution in [3.63, 3.8) is 0 Å². The maximum atomic E-state index is 13.4. The third-order valence-electron chi connectivity index (χ3n) is 6.49. The Balaban J connectivity index is 1.61. The van der Waals surface area contributed by atoms with Gasteiger partial charge in [-0.15, -0.1) is 0 Å². The van der Waals surface area contributed by atoms with Gasteiger partial charge in [-0.1, -0.05) is 73.7 Å². The first-order chi connectivity index (χ1) is 13.2. The van der Waals surface area contributed by atoms with E-state index in [0.717, 1.165) is 11.3 Å². The van der Waals surface area contributed by atoms with Crippen molar-refractivity contribution >= 4 is 11.6 Å². The monoisotopic (exact) mass is 353 g/mol. The lowest BCUT2D eigenvalue weighted by Crippen LogP contribution is -2.44. The average molecular weight is 353 g/mol. The molecule has 1 amide bonds. The van der Waals surface area contributed by atoms with Crippen molar-refractivity contribution in [2.45, 2.75) is 25.7 Å².